The van der Waals surface area contributed by atoms with E-state index in [0.717, 1.165) is 6.42 Å². The Morgan fingerprint density at radius 1 is 1.29 bits per heavy atom. The van der Waals surface area contributed by atoms with Crippen molar-refractivity contribution in [3.05, 3.63) is 0 Å². The molecule has 0 aliphatic rings. The zero-order chi connectivity index (χ0) is 11.6. The van der Waals surface area contributed by atoms with E-state index < -0.39 is 20.1 Å². The molecule has 0 aromatic rings. The largest absolute Gasteiger partial charge is 0.223 e. The van der Waals surface area contributed by atoms with E-state index in [1.165, 1.54) is 0 Å². The standard InChI is InChI=1S/C9H21NO2S2/c1-7(2)6-9(4,5)10-14(11,12)8(3)13/h7-8,10,13H,6H2,1-5H3. The average molecular weight is 239 g/mol. The van der Waals surface area contributed by atoms with Crippen LogP contribution in [0, 0.1) is 5.92 Å². The van der Waals surface area contributed by atoms with E-state index in [9.17, 15) is 8.42 Å². The van der Waals surface area contributed by atoms with Gasteiger partial charge in [0.2, 0.25) is 10.0 Å². The molecule has 3 nitrogen and oxygen atoms in total. The number of nitrogens with one attached hydrogen (secondary N) is 1. The number of sulfonamides is 1. The molecule has 0 radical (unpaired) electrons. The monoisotopic (exact) mass is 239 g/mol. The predicted octanol–water partition coefficient (Wildman–Crippen LogP) is 2.01. The van der Waals surface area contributed by atoms with Crippen molar-refractivity contribution in [1.82, 2.24) is 4.72 Å². The lowest BCUT2D eigenvalue weighted by molar-refractivity contribution is 0.365. The van der Waals surface area contributed by atoms with Crippen LogP contribution < -0.4 is 4.72 Å². The van der Waals surface area contributed by atoms with Crippen molar-refractivity contribution < 1.29 is 8.42 Å². The summed E-state index contributed by atoms with van der Waals surface area (Å²) >= 11 is 3.93. The van der Waals surface area contributed by atoms with Gasteiger partial charge in [0, 0.05) is 5.54 Å². The molecule has 0 amide bonds. The lowest BCUT2D eigenvalue weighted by Crippen LogP contribution is -2.46. The van der Waals surface area contributed by atoms with E-state index in [1.54, 1.807) is 6.92 Å². The third-order valence-corrected chi connectivity index (χ3v) is 4.35. The molecule has 86 valence electrons. The van der Waals surface area contributed by atoms with Gasteiger partial charge in [-0.25, -0.2) is 13.1 Å². The zero-order valence-corrected chi connectivity index (χ0v) is 11.2. The highest BCUT2D eigenvalue weighted by Gasteiger charge is 2.27. The Bertz CT molecular complexity index is 269. The summed E-state index contributed by atoms with van der Waals surface area (Å²) in [5.41, 5.74) is -0.399. The fourth-order valence-electron chi connectivity index (χ4n) is 1.53. The number of hydrogen-bond donors (Lipinski definition) is 2. The van der Waals surface area contributed by atoms with Gasteiger partial charge in [-0.05, 0) is 33.1 Å². The van der Waals surface area contributed by atoms with E-state index in [0.29, 0.717) is 5.92 Å². The number of thiol groups is 1. The van der Waals surface area contributed by atoms with Gasteiger partial charge in [0.1, 0.15) is 4.58 Å². The van der Waals surface area contributed by atoms with Crippen LogP contribution >= 0.6 is 12.6 Å². The normalized spacial score (nSPS) is 15.9. The first-order valence-electron chi connectivity index (χ1n) is 4.78. The molecule has 0 fully saturated rings. The van der Waals surface area contributed by atoms with Gasteiger partial charge in [-0.15, -0.1) is 0 Å². The quantitative estimate of drug-likeness (QED) is 0.721. The molecule has 0 rings (SSSR count). The SMILES string of the molecule is CC(C)CC(C)(C)NS(=O)(=O)C(C)S. The van der Waals surface area contributed by atoms with Gasteiger partial charge in [-0.3, -0.25) is 0 Å². The Kier molecular flexibility index (Phi) is 4.95. The number of rotatable bonds is 5. The third kappa shape index (κ3) is 5.22. The summed E-state index contributed by atoms with van der Waals surface area (Å²) in [7, 11) is -3.29. The minimum absolute atomic E-state index is 0.399. The van der Waals surface area contributed by atoms with Crippen LogP contribution in [0.25, 0.3) is 0 Å². The van der Waals surface area contributed by atoms with Gasteiger partial charge in [0.15, 0.2) is 0 Å². The maximum Gasteiger partial charge on any atom is 0.223 e. The molecule has 1 atom stereocenters. The Morgan fingerprint density at radius 3 is 2.00 bits per heavy atom. The first kappa shape index (κ1) is 14.3. The second-order valence-corrected chi connectivity index (χ2v) is 7.85. The minimum Gasteiger partial charge on any atom is -0.211 e. The number of hydrogen-bond acceptors (Lipinski definition) is 3. The molecule has 0 heterocycles. The molecule has 0 spiro atoms. The van der Waals surface area contributed by atoms with Gasteiger partial charge in [0.05, 0.1) is 0 Å². The fraction of sp³-hybridized carbons (Fsp3) is 1.00. The van der Waals surface area contributed by atoms with Gasteiger partial charge < -0.3 is 0 Å². The molecule has 0 saturated heterocycles. The summed E-state index contributed by atoms with van der Waals surface area (Å²) in [4.78, 5) is 0. The summed E-state index contributed by atoms with van der Waals surface area (Å²) in [5.74, 6) is 0.461. The van der Waals surface area contributed by atoms with E-state index in [-0.39, 0.29) is 0 Å². The van der Waals surface area contributed by atoms with E-state index in [1.807, 2.05) is 13.8 Å². The van der Waals surface area contributed by atoms with Crippen LogP contribution in [0.2, 0.25) is 0 Å². The van der Waals surface area contributed by atoms with E-state index in [2.05, 4.69) is 31.2 Å². The molecular weight excluding hydrogens is 218 g/mol. The molecule has 0 bridgehead atoms. The first-order valence-corrected chi connectivity index (χ1v) is 6.84. The molecule has 0 aliphatic carbocycles. The van der Waals surface area contributed by atoms with Crippen molar-refractivity contribution >= 4 is 22.7 Å². The van der Waals surface area contributed by atoms with Gasteiger partial charge in [-0.1, -0.05) is 13.8 Å². The van der Waals surface area contributed by atoms with Crippen LogP contribution in [0.4, 0.5) is 0 Å². The Morgan fingerprint density at radius 2 is 1.71 bits per heavy atom. The lowest BCUT2D eigenvalue weighted by Gasteiger charge is -2.28. The molecule has 1 N–H and O–H groups in total. The Balaban J connectivity index is 4.51. The fourth-order valence-corrected chi connectivity index (χ4v) is 2.71. The smallest absolute Gasteiger partial charge is 0.211 e. The summed E-state index contributed by atoms with van der Waals surface area (Å²) in [6, 6.07) is 0. The highest BCUT2D eigenvalue weighted by atomic mass is 32.3. The van der Waals surface area contributed by atoms with Crippen LogP contribution in [0.3, 0.4) is 0 Å². The average Bonchev–Trinajstić information content (AvgIpc) is 1.79. The lowest BCUT2D eigenvalue weighted by atomic mass is 9.94. The summed E-state index contributed by atoms with van der Waals surface area (Å²) < 4.78 is 25.1. The molecule has 5 heteroatoms. The molecule has 0 aromatic heterocycles. The second kappa shape index (κ2) is 4.86. The van der Waals surface area contributed by atoms with E-state index in [4.69, 9.17) is 0 Å². The summed E-state index contributed by atoms with van der Waals surface area (Å²) in [6.45, 7) is 9.47. The van der Waals surface area contributed by atoms with E-state index >= 15 is 0 Å². The highest BCUT2D eigenvalue weighted by Crippen LogP contribution is 2.18. The predicted molar refractivity (Wildman–Crippen MR) is 64.0 cm³/mol. The molecular formula is C9H21NO2S2. The van der Waals surface area contributed by atoms with Crippen molar-refractivity contribution in [2.75, 3.05) is 0 Å². The first-order chi connectivity index (χ1) is 6.07. The van der Waals surface area contributed by atoms with Gasteiger partial charge in [0.25, 0.3) is 0 Å². The van der Waals surface area contributed by atoms with Crippen molar-refractivity contribution in [3.63, 3.8) is 0 Å². The van der Waals surface area contributed by atoms with Crippen LogP contribution in [0.1, 0.15) is 41.0 Å². The Hall–Kier alpha value is 0.260. The van der Waals surface area contributed by atoms with Crippen molar-refractivity contribution in [2.45, 2.75) is 51.2 Å². The van der Waals surface area contributed by atoms with Crippen molar-refractivity contribution in [2.24, 2.45) is 5.92 Å². The zero-order valence-electron chi connectivity index (χ0n) is 9.53. The highest BCUT2D eigenvalue weighted by molar-refractivity contribution is 8.03. The van der Waals surface area contributed by atoms with Crippen molar-refractivity contribution in [1.29, 1.82) is 0 Å². The summed E-state index contributed by atoms with van der Waals surface area (Å²) in [5, 5.41) is 0. The Labute approximate surface area is 93.1 Å². The molecule has 14 heavy (non-hydrogen) atoms. The maximum absolute atomic E-state index is 11.5. The van der Waals surface area contributed by atoms with Gasteiger partial charge in [-0.2, -0.15) is 12.6 Å². The van der Waals surface area contributed by atoms with Crippen LogP contribution in [0.15, 0.2) is 0 Å². The van der Waals surface area contributed by atoms with Crippen LogP contribution in [-0.2, 0) is 10.0 Å². The second-order valence-electron chi connectivity index (χ2n) is 4.73. The summed E-state index contributed by atoms with van der Waals surface area (Å²) in [6.07, 6.45) is 0.812. The van der Waals surface area contributed by atoms with Gasteiger partial charge >= 0.3 is 0 Å². The third-order valence-electron chi connectivity index (χ3n) is 1.79. The minimum atomic E-state index is -3.29. The topological polar surface area (TPSA) is 46.2 Å². The molecule has 1 unspecified atom stereocenters. The van der Waals surface area contributed by atoms with Crippen molar-refractivity contribution in [3.8, 4) is 0 Å². The maximum atomic E-state index is 11.5. The van der Waals surface area contributed by atoms with Crippen LogP contribution in [0.5, 0.6) is 0 Å². The van der Waals surface area contributed by atoms with Crippen LogP contribution in [-0.4, -0.2) is 18.5 Å². The molecule has 0 aliphatic heterocycles. The molecule has 0 aromatic carbocycles. The molecule has 0 saturated carbocycles.